The predicted molar refractivity (Wildman–Crippen MR) is 79.1 cm³/mol. The molecule has 1 unspecified atom stereocenters. The zero-order valence-corrected chi connectivity index (χ0v) is 11.9. The highest BCUT2D eigenvalue weighted by atomic mass is 16.6. The fourth-order valence-electron chi connectivity index (χ4n) is 1.63. The zero-order valence-electron chi connectivity index (χ0n) is 11.9. The second-order valence-corrected chi connectivity index (χ2v) is 4.56. The minimum Gasteiger partial charge on any atom is -0.393 e. The maximum absolute atomic E-state index is 10.9. The molecule has 1 aromatic heterocycles. The fraction of sp³-hybridized carbons (Fsp3) is 0.615. The molecule has 7 nitrogen and oxygen atoms in total. The summed E-state index contributed by atoms with van der Waals surface area (Å²) in [6.45, 7) is 5.15. The maximum Gasteiger partial charge on any atom is 0.276 e. The van der Waals surface area contributed by atoms with Crippen LogP contribution in [0.25, 0.3) is 0 Å². The van der Waals surface area contributed by atoms with E-state index in [1.807, 2.05) is 13.8 Å². The van der Waals surface area contributed by atoms with Gasteiger partial charge < -0.3 is 15.7 Å². The van der Waals surface area contributed by atoms with Crippen molar-refractivity contribution in [3.63, 3.8) is 0 Å². The van der Waals surface area contributed by atoms with Crippen molar-refractivity contribution in [1.29, 1.82) is 0 Å². The Labute approximate surface area is 118 Å². The van der Waals surface area contributed by atoms with Crippen LogP contribution in [0.5, 0.6) is 0 Å². The van der Waals surface area contributed by atoms with Gasteiger partial charge in [-0.2, -0.15) is 0 Å². The van der Waals surface area contributed by atoms with Gasteiger partial charge in [0.2, 0.25) is 0 Å². The van der Waals surface area contributed by atoms with E-state index >= 15 is 0 Å². The van der Waals surface area contributed by atoms with Gasteiger partial charge in [-0.1, -0.05) is 13.8 Å². The number of aliphatic hydroxyl groups excluding tert-OH is 1. The minimum absolute atomic E-state index is 0.00265. The van der Waals surface area contributed by atoms with Crippen LogP contribution in [-0.2, 0) is 0 Å². The zero-order chi connectivity index (χ0) is 15.0. The SMILES string of the molecule is CCCNc1cc([N+](=O)[O-])cc(NCCC(O)CC)n1. The van der Waals surface area contributed by atoms with E-state index < -0.39 is 4.92 Å². The fourth-order valence-corrected chi connectivity index (χ4v) is 1.63. The summed E-state index contributed by atoms with van der Waals surface area (Å²) in [6.07, 6.45) is 1.82. The van der Waals surface area contributed by atoms with Crippen LogP contribution in [0.4, 0.5) is 17.3 Å². The number of hydrogen-bond donors (Lipinski definition) is 3. The molecule has 0 spiro atoms. The summed E-state index contributed by atoms with van der Waals surface area (Å²) in [7, 11) is 0. The Kier molecular flexibility index (Phi) is 6.72. The Morgan fingerprint density at radius 3 is 2.40 bits per heavy atom. The largest absolute Gasteiger partial charge is 0.393 e. The highest BCUT2D eigenvalue weighted by molar-refractivity contribution is 5.54. The lowest BCUT2D eigenvalue weighted by Gasteiger charge is -2.11. The standard InChI is InChI=1S/C13H22N4O3/c1-3-6-14-12-8-10(17(19)20)9-13(16-12)15-7-5-11(18)4-2/h8-9,11,18H,3-7H2,1-2H3,(H2,14,15,16). The first-order chi connectivity index (χ1) is 9.56. The van der Waals surface area contributed by atoms with Gasteiger partial charge in [-0.05, 0) is 19.3 Å². The van der Waals surface area contributed by atoms with E-state index in [1.165, 1.54) is 12.1 Å². The number of hydrogen-bond acceptors (Lipinski definition) is 6. The molecule has 0 amide bonds. The van der Waals surface area contributed by atoms with E-state index in [1.54, 1.807) is 0 Å². The molecule has 1 rings (SSSR count). The normalized spacial score (nSPS) is 11.9. The molecule has 0 radical (unpaired) electrons. The number of pyridine rings is 1. The molecular formula is C13H22N4O3. The quantitative estimate of drug-likeness (QED) is 0.475. The van der Waals surface area contributed by atoms with Crippen LogP contribution in [-0.4, -0.2) is 34.2 Å². The monoisotopic (exact) mass is 282 g/mol. The summed E-state index contributed by atoms with van der Waals surface area (Å²) in [5.41, 5.74) is -0.00265. The lowest BCUT2D eigenvalue weighted by molar-refractivity contribution is -0.384. The summed E-state index contributed by atoms with van der Waals surface area (Å²) in [5, 5.41) is 26.4. The first kappa shape index (κ1) is 16.2. The van der Waals surface area contributed by atoms with E-state index in [2.05, 4.69) is 15.6 Å². The molecule has 0 aliphatic carbocycles. The molecule has 1 heterocycles. The molecule has 0 bridgehead atoms. The van der Waals surface area contributed by atoms with Crippen molar-refractivity contribution in [2.45, 2.75) is 39.2 Å². The molecule has 0 aromatic carbocycles. The number of nitrogens with one attached hydrogen (secondary N) is 2. The molecule has 3 N–H and O–H groups in total. The number of aliphatic hydroxyl groups is 1. The first-order valence-corrected chi connectivity index (χ1v) is 6.89. The van der Waals surface area contributed by atoms with Gasteiger partial charge in [0, 0.05) is 13.1 Å². The first-order valence-electron chi connectivity index (χ1n) is 6.89. The van der Waals surface area contributed by atoms with Crippen molar-refractivity contribution >= 4 is 17.3 Å². The van der Waals surface area contributed by atoms with Gasteiger partial charge in [0.15, 0.2) is 0 Å². The molecule has 0 aliphatic rings. The Hall–Kier alpha value is -1.89. The lowest BCUT2D eigenvalue weighted by atomic mass is 10.2. The Balaban J connectivity index is 2.72. The van der Waals surface area contributed by atoms with Crippen LogP contribution in [0, 0.1) is 10.1 Å². The van der Waals surface area contributed by atoms with Crippen molar-refractivity contribution < 1.29 is 10.0 Å². The Morgan fingerprint density at radius 2 is 1.90 bits per heavy atom. The van der Waals surface area contributed by atoms with Crippen molar-refractivity contribution in [2.75, 3.05) is 23.7 Å². The van der Waals surface area contributed by atoms with E-state index in [0.29, 0.717) is 37.6 Å². The number of nitrogens with zero attached hydrogens (tertiary/aromatic N) is 2. The summed E-state index contributed by atoms with van der Waals surface area (Å²) in [6, 6.07) is 2.82. The number of nitro groups is 1. The van der Waals surface area contributed by atoms with Gasteiger partial charge in [0.1, 0.15) is 11.6 Å². The molecule has 0 saturated heterocycles. The van der Waals surface area contributed by atoms with Gasteiger partial charge in [-0.25, -0.2) is 4.98 Å². The predicted octanol–water partition coefficient (Wildman–Crippen LogP) is 2.38. The molecule has 0 aliphatic heterocycles. The van der Waals surface area contributed by atoms with E-state index in [0.717, 1.165) is 6.42 Å². The van der Waals surface area contributed by atoms with Crippen molar-refractivity contribution in [1.82, 2.24) is 4.98 Å². The number of rotatable bonds is 9. The third kappa shape index (κ3) is 5.40. The third-order valence-electron chi connectivity index (χ3n) is 2.83. The minimum atomic E-state index is -0.440. The highest BCUT2D eigenvalue weighted by Crippen LogP contribution is 2.20. The summed E-state index contributed by atoms with van der Waals surface area (Å²) >= 11 is 0. The smallest absolute Gasteiger partial charge is 0.276 e. The Bertz CT molecular complexity index is 440. The Morgan fingerprint density at radius 1 is 1.30 bits per heavy atom. The van der Waals surface area contributed by atoms with Crippen LogP contribution in [0.1, 0.15) is 33.1 Å². The third-order valence-corrected chi connectivity index (χ3v) is 2.83. The van der Waals surface area contributed by atoms with Gasteiger partial charge >= 0.3 is 0 Å². The van der Waals surface area contributed by atoms with E-state index in [4.69, 9.17) is 0 Å². The van der Waals surface area contributed by atoms with Crippen molar-refractivity contribution in [3.8, 4) is 0 Å². The second kappa shape index (κ2) is 8.31. The molecule has 112 valence electrons. The van der Waals surface area contributed by atoms with E-state index in [-0.39, 0.29) is 11.8 Å². The number of anilines is 2. The molecular weight excluding hydrogens is 260 g/mol. The van der Waals surface area contributed by atoms with Crippen LogP contribution in [0.3, 0.4) is 0 Å². The summed E-state index contributed by atoms with van der Waals surface area (Å²) in [5.74, 6) is 0.931. The molecule has 1 aromatic rings. The maximum atomic E-state index is 10.9. The van der Waals surface area contributed by atoms with Crippen LogP contribution in [0.15, 0.2) is 12.1 Å². The van der Waals surface area contributed by atoms with Crippen molar-refractivity contribution in [3.05, 3.63) is 22.2 Å². The van der Waals surface area contributed by atoms with Crippen LogP contribution < -0.4 is 10.6 Å². The lowest BCUT2D eigenvalue weighted by Crippen LogP contribution is -2.13. The molecule has 7 heteroatoms. The topological polar surface area (TPSA) is 100 Å². The molecule has 0 saturated carbocycles. The average molecular weight is 282 g/mol. The van der Waals surface area contributed by atoms with E-state index in [9.17, 15) is 15.2 Å². The molecule has 20 heavy (non-hydrogen) atoms. The van der Waals surface area contributed by atoms with Crippen LogP contribution >= 0.6 is 0 Å². The van der Waals surface area contributed by atoms with Crippen molar-refractivity contribution in [2.24, 2.45) is 0 Å². The molecule has 0 fully saturated rings. The van der Waals surface area contributed by atoms with Gasteiger partial charge in [-0.15, -0.1) is 0 Å². The molecule has 1 atom stereocenters. The summed E-state index contributed by atoms with van der Waals surface area (Å²) in [4.78, 5) is 14.7. The second-order valence-electron chi connectivity index (χ2n) is 4.56. The van der Waals surface area contributed by atoms with Crippen LogP contribution in [0.2, 0.25) is 0 Å². The van der Waals surface area contributed by atoms with Gasteiger partial charge in [-0.3, -0.25) is 10.1 Å². The summed E-state index contributed by atoms with van der Waals surface area (Å²) < 4.78 is 0. The average Bonchev–Trinajstić information content (AvgIpc) is 2.44. The highest BCUT2D eigenvalue weighted by Gasteiger charge is 2.11. The van der Waals surface area contributed by atoms with Gasteiger partial charge in [0.05, 0.1) is 23.2 Å². The van der Waals surface area contributed by atoms with Gasteiger partial charge in [0.25, 0.3) is 5.69 Å². The number of aromatic nitrogens is 1.